The van der Waals surface area contributed by atoms with Crippen LogP contribution in [-0.4, -0.2) is 19.7 Å². The monoisotopic (exact) mass is 190 g/mol. The molecule has 0 bridgehead atoms. The van der Waals surface area contributed by atoms with E-state index in [0.29, 0.717) is 11.4 Å². The van der Waals surface area contributed by atoms with E-state index in [1.807, 2.05) is 19.3 Å². The van der Waals surface area contributed by atoms with Crippen LogP contribution in [0.2, 0.25) is 0 Å². The van der Waals surface area contributed by atoms with Gasteiger partial charge in [0.05, 0.1) is 11.3 Å². The Hall–Kier alpha value is -2.11. The van der Waals surface area contributed by atoms with E-state index in [9.17, 15) is 0 Å². The predicted molar refractivity (Wildman–Crippen MR) is 53.1 cm³/mol. The van der Waals surface area contributed by atoms with E-state index in [-0.39, 0.29) is 5.95 Å². The first-order valence-electron chi connectivity index (χ1n) is 4.05. The number of hydrogen-bond acceptors (Lipinski definition) is 5. The Kier molecular flexibility index (Phi) is 1.81. The van der Waals surface area contributed by atoms with Gasteiger partial charge in [-0.3, -0.25) is 4.68 Å². The molecule has 0 spiro atoms. The Morgan fingerprint density at radius 2 is 2.14 bits per heavy atom. The summed E-state index contributed by atoms with van der Waals surface area (Å²) < 4.78 is 1.69. The molecule has 0 unspecified atom stereocenters. The van der Waals surface area contributed by atoms with E-state index in [0.717, 1.165) is 5.69 Å². The minimum atomic E-state index is 0.169. The number of anilines is 2. The van der Waals surface area contributed by atoms with Gasteiger partial charge in [-0.25, -0.2) is 4.98 Å². The Labute approximate surface area is 80.6 Å². The second-order valence-corrected chi connectivity index (χ2v) is 2.90. The number of rotatable bonds is 1. The van der Waals surface area contributed by atoms with E-state index >= 15 is 0 Å². The fourth-order valence-electron chi connectivity index (χ4n) is 1.17. The molecule has 0 saturated heterocycles. The molecule has 0 aliphatic carbocycles. The summed E-state index contributed by atoms with van der Waals surface area (Å²) in [5.74, 6) is 0.512. The smallest absolute Gasteiger partial charge is 0.221 e. The first-order valence-corrected chi connectivity index (χ1v) is 4.05. The third kappa shape index (κ3) is 1.37. The lowest BCUT2D eigenvalue weighted by molar-refractivity contribution is 0.771. The van der Waals surface area contributed by atoms with Crippen molar-refractivity contribution in [2.24, 2.45) is 7.05 Å². The molecular weight excluding hydrogens is 180 g/mol. The van der Waals surface area contributed by atoms with Crippen molar-refractivity contribution in [3.05, 3.63) is 18.5 Å². The molecule has 0 saturated carbocycles. The lowest BCUT2D eigenvalue weighted by atomic mass is 10.2. The van der Waals surface area contributed by atoms with Crippen LogP contribution in [0.4, 0.5) is 11.8 Å². The maximum atomic E-state index is 5.68. The average molecular weight is 190 g/mol. The molecule has 0 radical (unpaired) electrons. The maximum absolute atomic E-state index is 5.68. The number of aryl methyl sites for hydroxylation is 1. The number of nitrogens with zero attached hydrogens (tertiary/aromatic N) is 4. The van der Waals surface area contributed by atoms with Gasteiger partial charge in [0.25, 0.3) is 0 Å². The van der Waals surface area contributed by atoms with E-state index in [1.165, 1.54) is 0 Å². The fraction of sp³-hybridized carbons (Fsp3) is 0.125. The number of aromatic nitrogens is 4. The van der Waals surface area contributed by atoms with Crippen LogP contribution in [-0.2, 0) is 7.05 Å². The van der Waals surface area contributed by atoms with E-state index in [4.69, 9.17) is 11.5 Å². The van der Waals surface area contributed by atoms with Crippen LogP contribution in [0.25, 0.3) is 11.3 Å². The highest BCUT2D eigenvalue weighted by Gasteiger charge is 2.07. The topological polar surface area (TPSA) is 95.6 Å². The van der Waals surface area contributed by atoms with Gasteiger partial charge in [0.1, 0.15) is 5.82 Å². The highest BCUT2D eigenvalue weighted by molar-refractivity contribution is 5.70. The average Bonchev–Trinajstić information content (AvgIpc) is 2.51. The van der Waals surface area contributed by atoms with Crippen molar-refractivity contribution in [1.29, 1.82) is 0 Å². The van der Waals surface area contributed by atoms with Gasteiger partial charge >= 0.3 is 0 Å². The van der Waals surface area contributed by atoms with Crippen LogP contribution in [0.5, 0.6) is 0 Å². The molecule has 0 aliphatic heterocycles. The zero-order valence-corrected chi connectivity index (χ0v) is 7.68. The largest absolute Gasteiger partial charge is 0.383 e. The van der Waals surface area contributed by atoms with Crippen LogP contribution in [0.3, 0.4) is 0 Å². The third-order valence-corrected chi connectivity index (χ3v) is 1.83. The molecule has 0 atom stereocenters. The molecule has 2 rings (SSSR count). The van der Waals surface area contributed by atoms with E-state index in [2.05, 4.69) is 15.1 Å². The first kappa shape index (κ1) is 8.49. The van der Waals surface area contributed by atoms with Gasteiger partial charge in [-0.1, -0.05) is 0 Å². The normalized spacial score (nSPS) is 10.4. The molecule has 0 fully saturated rings. The molecule has 2 heterocycles. The minimum absolute atomic E-state index is 0.169. The van der Waals surface area contributed by atoms with Crippen molar-refractivity contribution in [3.63, 3.8) is 0 Å². The van der Waals surface area contributed by atoms with Crippen LogP contribution < -0.4 is 11.5 Å². The summed E-state index contributed by atoms with van der Waals surface area (Å²) in [5.41, 5.74) is 12.5. The van der Waals surface area contributed by atoms with Crippen LogP contribution in [0.15, 0.2) is 18.5 Å². The molecule has 6 nitrogen and oxygen atoms in total. The summed E-state index contributed by atoms with van der Waals surface area (Å²) in [6, 6.07) is 1.84. The highest BCUT2D eigenvalue weighted by Crippen LogP contribution is 2.21. The van der Waals surface area contributed by atoms with Crippen LogP contribution in [0, 0.1) is 0 Å². The zero-order valence-electron chi connectivity index (χ0n) is 7.68. The predicted octanol–water partition coefficient (Wildman–Crippen LogP) is 0.0415. The summed E-state index contributed by atoms with van der Waals surface area (Å²) in [6.45, 7) is 0. The molecule has 4 N–H and O–H groups in total. The van der Waals surface area contributed by atoms with Crippen molar-refractivity contribution in [3.8, 4) is 11.3 Å². The molecule has 0 aliphatic rings. The third-order valence-electron chi connectivity index (χ3n) is 1.83. The number of nitrogen functional groups attached to an aromatic ring is 2. The van der Waals surface area contributed by atoms with Crippen LogP contribution in [0.1, 0.15) is 0 Å². The molecule has 6 heteroatoms. The van der Waals surface area contributed by atoms with Crippen molar-refractivity contribution >= 4 is 11.8 Å². The van der Waals surface area contributed by atoms with Crippen molar-refractivity contribution in [2.45, 2.75) is 0 Å². The van der Waals surface area contributed by atoms with Crippen molar-refractivity contribution in [1.82, 2.24) is 19.7 Å². The standard InChI is InChI=1S/C8H10N6/c1-14-3-2-6(13-14)5-4-11-8(10)12-7(5)9/h2-4H,1H3,(H4,9,10,11,12). The zero-order chi connectivity index (χ0) is 10.1. The summed E-state index contributed by atoms with van der Waals surface area (Å²) in [7, 11) is 1.83. The van der Waals surface area contributed by atoms with E-state index in [1.54, 1.807) is 10.9 Å². The lowest BCUT2D eigenvalue weighted by Crippen LogP contribution is -2.01. The summed E-state index contributed by atoms with van der Waals surface area (Å²) in [4.78, 5) is 7.72. The van der Waals surface area contributed by atoms with Crippen molar-refractivity contribution < 1.29 is 0 Å². The van der Waals surface area contributed by atoms with Gasteiger partial charge in [0.2, 0.25) is 5.95 Å². The van der Waals surface area contributed by atoms with Gasteiger partial charge in [-0.05, 0) is 6.07 Å². The summed E-state index contributed by atoms with van der Waals surface area (Å²) >= 11 is 0. The second-order valence-electron chi connectivity index (χ2n) is 2.90. The maximum Gasteiger partial charge on any atom is 0.221 e. The van der Waals surface area contributed by atoms with Gasteiger partial charge in [0, 0.05) is 19.4 Å². The SMILES string of the molecule is Cn1ccc(-c2cnc(N)nc2N)n1. The first-order chi connectivity index (χ1) is 6.66. The molecule has 2 aromatic rings. The minimum Gasteiger partial charge on any atom is -0.383 e. The molecule has 0 aromatic carbocycles. The Bertz CT molecular complexity index is 461. The van der Waals surface area contributed by atoms with E-state index < -0.39 is 0 Å². The molecule has 2 aromatic heterocycles. The van der Waals surface area contributed by atoms with Gasteiger partial charge < -0.3 is 11.5 Å². The molecule has 72 valence electrons. The van der Waals surface area contributed by atoms with Gasteiger partial charge in [0.15, 0.2) is 0 Å². The Morgan fingerprint density at radius 3 is 2.71 bits per heavy atom. The molecule has 0 amide bonds. The number of hydrogen-bond donors (Lipinski definition) is 2. The number of nitrogens with two attached hydrogens (primary N) is 2. The Morgan fingerprint density at radius 1 is 1.36 bits per heavy atom. The highest BCUT2D eigenvalue weighted by atomic mass is 15.2. The second kappa shape index (κ2) is 2.99. The van der Waals surface area contributed by atoms with Gasteiger partial charge in [-0.15, -0.1) is 0 Å². The van der Waals surface area contributed by atoms with Crippen molar-refractivity contribution in [2.75, 3.05) is 11.5 Å². The fourth-order valence-corrected chi connectivity index (χ4v) is 1.17. The molecule has 14 heavy (non-hydrogen) atoms. The summed E-state index contributed by atoms with van der Waals surface area (Å²) in [5, 5.41) is 4.19. The summed E-state index contributed by atoms with van der Waals surface area (Å²) in [6.07, 6.45) is 3.39. The quantitative estimate of drug-likeness (QED) is 0.662. The Balaban J connectivity index is 2.52. The molecular formula is C8H10N6. The van der Waals surface area contributed by atoms with Crippen LogP contribution >= 0.6 is 0 Å². The van der Waals surface area contributed by atoms with Gasteiger partial charge in [-0.2, -0.15) is 10.1 Å². The lowest BCUT2D eigenvalue weighted by Gasteiger charge is -2.00.